The normalized spacial score (nSPS) is 19.1. The highest BCUT2D eigenvalue weighted by molar-refractivity contribution is 7.10. The minimum atomic E-state index is -1.01. The fourth-order valence-corrected chi connectivity index (χ4v) is 3.67. The molecule has 2 atom stereocenters. The van der Waals surface area contributed by atoms with Crippen LogP contribution in [0, 0.1) is 5.92 Å². The highest BCUT2D eigenvalue weighted by Gasteiger charge is 2.26. The quantitative estimate of drug-likeness (QED) is 0.817. The lowest BCUT2D eigenvalue weighted by Crippen LogP contribution is -2.44. The largest absolute Gasteiger partial charge is 0.467 e. The van der Waals surface area contributed by atoms with Crippen molar-refractivity contribution in [1.29, 1.82) is 0 Å². The Hall–Kier alpha value is -1.40. The summed E-state index contributed by atoms with van der Waals surface area (Å²) in [5.41, 5.74) is 1.71. The summed E-state index contributed by atoms with van der Waals surface area (Å²) < 4.78 is 4.54. The van der Waals surface area contributed by atoms with Gasteiger partial charge in [0.1, 0.15) is 0 Å². The Morgan fingerprint density at radius 2 is 2.35 bits per heavy atom. The number of methoxy groups -OCH3 is 1. The lowest BCUT2D eigenvalue weighted by molar-refractivity contribution is -0.143. The van der Waals surface area contributed by atoms with E-state index < -0.39 is 18.6 Å². The predicted molar refractivity (Wildman–Crippen MR) is 75.9 cm³/mol. The Balaban J connectivity index is 2.12. The van der Waals surface area contributed by atoms with Crippen LogP contribution in [0.15, 0.2) is 5.38 Å². The molecule has 0 fully saturated rings. The van der Waals surface area contributed by atoms with Gasteiger partial charge in [0.25, 0.3) is 5.91 Å². The van der Waals surface area contributed by atoms with E-state index >= 15 is 0 Å². The summed E-state index contributed by atoms with van der Waals surface area (Å²) in [5.74, 6) is -0.308. The molecule has 5 nitrogen and oxygen atoms in total. The Morgan fingerprint density at radius 1 is 1.60 bits per heavy atom. The smallest absolute Gasteiger partial charge is 0.330 e. The van der Waals surface area contributed by atoms with Crippen LogP contribution in [0.4, 0.5) is 0 Å². The van der Waals surface area contributed by atoms with Gasteiger partial charge in [-0.15, -0.1) is 11.3 Å². The Morgan fingerprint density at radius 3 is 3.00 bits per heavy atom. The van der Waals surface area contributed by atoms with E-state index in [1.807, 2.05) is 5.38 Å². The molecule has 0 radical (unpaired) electrons. The van der Waals surface area contributed by atoms with E-state index in [-0.39, 0.29) is 5.91 Å². The van der Waals surface area contributed by atoms with Crippen molar-refractivity contribution in [2.75, 3.05) is 13.7 Å². The van der Waals surface area contributed by atoms with Gasteiger partial charge in [0.2, 0.25) is 0 Å². The maximum absolute atomic E-state index is 12.2. The van der Waals surface area contributed by atoms with Crippen LogP contribution < -0.4 is 5.32 Å². The minimum Gasteiger partial charge on any atom is -0.467 e. The number of carbonyl (C=O) groups excluding carboxylic acids is 2. The minimum absolute atomic E-state index is 0.318. The van der Waals surface area contributed by atoms with Gasteiger partial charge >= 0.3 is 5.97 Å². The molecule has 0 spiro atoms. The summed E-state index contributed by atoms with van der Waals surface area (Å²) in [7, 11) is 1.23. The third-order valence-electron chi connectivity index (χ3n) is 3.62. The van der Waals surface area contributed by atoms with E-state index in [9.17, 15) is 9.59 Å². The first-order chi connectivity index (χ1) is 9.56. The molecule has 1 heterocycles. The van der Waals surface area contributed by atoms with Crippen LogP contribution in [0.1, 0.15) is 34.1 Å². The van der Waals surface area contributed by atoms with Crippen LogP contribution in [-0.4, -0.2) is 36.7 Å². The fourth-order valence-electron chi connectivity index (χ4n) is 2.43. The first kappa shape index (κ1) is 15.0. The summed E-state index contributed by atoms with van der Waals surface area (Å²) in [4.78, 5) is 24.9. The number of aliphatic hydroxyl groups excluding tert-OH is 1. The number of amides is 1. The molecule has 0 saturated carbocycles. The Labute approximate surface area is 121 Å². The zero-order valence-electron chi connectivity index (χ0n) is 11.6. The third kappa shape index (κ3) is 3.02. The van der Waals surface area contributed by atoms with Crippen molar-refractivity contribution in [3.05, 3.63) is 21.4 Å². The van der Waals surface area contributed by atoms with E-state index in [0.29, 0.717) is 11.5 Å². The van der Waals surface area contributed by atoms with E-state index in [2.05, 4.69) is 17.0 Å². The van der Waals surface area contributed by atoms with Gasteiger partial charge in [0, 0.05) is 10.3 Å². The monoisotopic (exact) mass is 297 g/mol. The number of ether oxygens (including phenoxy) is 1. The lowest BCUT2D eigenvalue weighted by Gasteiger charge is -2.19. The second-order valence-corrected chi connectivity index (χ2v) is 6.10. The maximum atomic E-state index is 12.2. The predicted octanol–water partition coefficient (Wildman–Crippen LogP) is 1.14. The standard InChI is InChI=1S/C14H19NO4S/c1-8-3-4-9-10(7-20-12(9)5-8)13(17)15-11(6-16)14(18)19-2/h7-8,11,16H,3-6H2,1-2H3,(H,15,17)/t8-,11+/m1/s1. The van der Waals surface area contributed by atoms with E-state index in [0.717, 1.165) is 24.8 Å². The van der Waals surface area contributed by atoms with Gasteiger partial charge in [-0.1, -0.05) is 6.92 Å². The highest BCUT2D eigenvalue weighted by atomic mass is 32.1. The van der Waals surface area contributed by atoms with Gasteiger partial charge in [-0.3, -0.25) is 4.79 Å². The number of hydrogen-bond acceptors (Lipinski definition) is 5. The van der Waals surface area contributed by atoms with Gasteiger partial charge < -0.3 is 15.2 Å². The molecule has 1 aliphatic carbocycles. The summed E-state index contributed by atoms with van der Waals surface area (Å²) in [5, 5.41) is 13.5. The third-order valence-corrected chi connectivity index (χ3v) is 4.67. The van der Waals surface area contributed by atoms with Crippen LogP contribution in [0.25, 0.3) is 0 Å². The molecular weight excluding hydrogens is 278 g/mol. The van der Waals surface area contributed by atoms with Gasteiger partial charge in [0.05, 0.1) is 19.3 Å². The average Bonchev–Trinajstić information content (AvgIpc) is 2.86. The Bertz CT molecular complexity index is 511. The maximum Gasteiger partial charge on any atom is 0.330 e. The van der Waals surface area contributed by atoms with Crippen molar-refractivity contribution in [2.45, 2.75) is 32.2 Å². The van der Waals surface area contributed by atoms with Crippen LogP contribution >= 0.6 is 11.3 Å². The number of thiophene rings is 1. The van der Waals surface area contributed by atoms with Crippen molar-refractivity contribution < 1.29 is 19.4 Å². The van der Waals surface area contributed by atoms with E-state index in [1.54, 1.807) is 11.3 Å². The summed E-state index contributed by atoms with van der Waals surface area (Å²) in [6.07, 6.45) is 2.98. The SMILES string of the molecule is COC(=O)[C@H](CO)NC(=O)c1csc2c1CC[C@@H](C)C2. The van der Waals surface area contributed by atoms with Gasteiger partial charge in [-0.05, 0) is 30.7 Å². The number of carbonyl (C=O) groups is 2. The molecule has 0 aliphatic heterocycles. The number of nitrogens with one attached hydrogen (secondary N) is 1. The first-order valence-corrected chi connectivity index (χ1v) is 7.53. The molecule has 110 valence electrons. The molecule has 0 aromatic carbocycles. The summed E-state index contributed by atoms with van der Waals surface area (Å²) in [6, 6.07) is -1.01. The highest BCUT2D eigenvalue weighted by Crippen LogP contribution is 2.32. The topological polar surface area (TPSA) is 75.6 Å². The number of fused-ring (bicyclic) bond motifs is 1. The van der Waals surface area contributed by atoms with Crippen molar-refractivity contribution in [3.8, 4) is 0 Å². The molecule has 20 heavy (non-hydrogen) atoms. The molecule has 2 N–H and O–H groups in total. The Kier molecular flexibility index (Phi) is 4.77. The molecule has 2 rings (SSSR count). The van der Waals surface area contributed by atoms with Gasteiger partial charge in [-0.25, -0.2) is 4.79 Å². The zero-order chi connectivity index (χ0) is 14.7. The van der Waals surface area contributed by atoms with Gasteiger partial charge in [-0.2, -0.15) is 0 Å². The van der Waals surface area contributed by atoms with Crippen LogP contribution in [0.5, 0.6) is 0 Å². The van der Waals surface area contributed by atoms with Crippen LogP contribution in [0.2, 0.25) is 0 Å². The van der Waals surface area contributed by atoms with E-state index in [1.165, 1.54) is 12.0 Å². The van der Waals surface area contributed by atoms with Crippen LogP contribution in [0.3, 0.4) is 0 Å². The fraction of sp³-hybridized carbons (Fsp3) is 0.571. The lowest BCUT2D eigenvalue weighted by atomic mass is 9.88. The molecule has 1 aromatic rings. The molecule has 0 unspecified atom stereocenters. The molecule has 0 saturated heterocycles. The number of hydrogen-bond donors (Lipinski definition) is 2. The molecule has 1 aromatic heterocycles. The van der Waals surface area contributed by atoms with E-state index in [4.69, 9.17) is 5.11 Å². The van der Waals surface area contributed by atoms with Crippen molar-refractivity contribution in [1.82, 2.24) is 5.32 Å². The molecule has 6 heteroatoms. The van der Waals surface area contributed by atoms with Crippen molar-refractivity contribution in [2.24, 2.45) is 5.92 Å². The van der Waals surface area contributed by atoms with Crippen LogP contribution in [-0.2, 0) is 22.4 Å². The van der Waals surface area contributed by atoms with Crippen molar-refractivity contribution >= 4 is 23.2 Å². The molecule has 1 amide bonds. The molecule has 0 bridgehead atoms. The zero-order valence-corrected chi connectivity index (χ0v) is 12.5. The average molecular weight is 297 g/mol. The van der Waals surface area contributed by atoms with Gasteiger partial charge in [0.15, 0.2) is 6.04 Å². The summed E-state index contributed by atoms with van der Waals surface area (Å²) in [6.45, 7) is 1.74. The molecule has 1 aliphatic rings. The second-order valence-electron chi connectivity index (χ2n) is 5.13. The number of aliphatic hydroxyl groups is 1. The van der Waals surface area contributed by atoms with Crippen molar-refractivity contribution in [3.63, 3.8) is 0 Å². The number of esters is 1. The second kappa shape index (κ2) is 6.37. The summed E-state index contributed by atoms with van der Waals surface area (Å²) >= 11 is 1.59. The number of rotatable bonds is 4. The molecular formula is C14H19NO4S. The first-order valence-electron chi connectivity index (χ1n) is 6.65.